The number of benzene rings is 1. The molecule has 1 rings (SSSR count). The van der Waals surface area contributed by atoms with Crippen LogP contribution in [0.25, 0.3) is 0 Å². The number of nitrogens with one attached hydrogen (secondary N) is 3. The van der Waals surface area contributed by atoms with Gasteiger partial charge in [-0.05, 0) is 44.0 Å². The van der Waals surface area contributed by atoms with Crippen LogP contribution in [-0.2, 0) is 0 Å². The van der Waals surface area contributed by atoms with E-state index in [1.807, 2.05) is 20.8 Å². The Morgan fingerprint density at radius 1 is 0.731 bits per heavy atom. The summed E-state index contributed by atoms with van der Waals surface area (Å²) in [4.78, 5) is 37.1. The molecule has 0 bridgehead atoms. The number of amides is 2. The third-order valence-electron chi connectivity index (χ3n) is 3.84. The maximum atomic E-state index is 12.4. The Morgan fingerprint density at radius 3 is 1.81 bits per heavy atom. The highest BCUT2D eigenvalue weighted by molar-refractivity contribution is 6.05. The van der Waals surface area contributed by atoms with Crippen LogP contribution in [0.1, 0.15) is 77.5 Å². The summed E-state index contributed by atoms with van der Waals surface area (Å²) in [6, 6.07) is 4.67. The summed E-state index contributed by atoms with van der Waals surface area (Å²) < 4.78 is 0. The van der Waals surface area contributed by atoms with Crippen molar-refractivity contribution in [2.24, 2.45) is 0 Å². The fourth-order valence-corrected chi connectivity index (χ4v) is 2.35. The first-order chi connectivity index (χ1) is 12.5. The molecule has 1 aromatic rings. The van der Waals surface area contributed by atoms with Crippen LogP contribution in [-0.4, -0.2) is 43.8 Å². The second kappa shape index (κ2) is 12.2. The number of Topliss-reactive ketones (excluding diaryl/α,β-unsaturated/α-hetero) is 1. The van der Waals surface area contributed by atoms with Gasteiger partial charge in [0, 0.05) is 29.8 Å². The number of unbranched alkanes of at least 4 members (excludes halogenated alkanes) is 1. The topological polar surface area (TPSA) is 87.3 Å². The highest BCUT2D eigenvalue weighted by atomic mass is 16.2. The SMILES string of the molecule is CCCCNC(=O)c1cc(C(=O)CNCCC)cc(C(=O)NCCC)c1. The number of rotatable bonds is 12. The molecule has 0 aliphatic heterocycles. The second-order valence-corrected chi connectivity index (χ2v) is 6.26. The lowest BCUT2D eigenvalue weighted by atomic mass is 10.0. The summed E-state index contributed by atoms with van der Waals surface area (Å²) in [7, 11) is 0. The van der Waals surface area contributed by atoms with E-state index in [-0.39, 0.29) is 24.1 Å². The van der Waals surface area contributed by atoms with E-state index in [4.69, 9.17) is 0 Å². The smallest absolute Gasteiger partial charge is 0.251 e. The van der Waals surface area contributed by atoms with E-state index in [0.29, 0.717) is 29.8 Å². The van der Waals surface area contributed by atoms with Crippen molar-refractivity contribution in [2.45, 2.75) is 46.5 Å². The Labute approximate surface area is 156 Å². The lowest BCUT2D eigenvalue weighted by Crippen LogP contribution is -2.28. The van der Waals surface area contributed by atoms with E-state index >= 15 is 0 Å². The maximum Gasteiger partial charge on any atom is 0.251 e. The standard InChI is InChI=1S/C20H31N3O3/c1-4-7-10-23-20(26)17-12-15(18(24)14-21-8-5-2)11-16(13-17)19(25)22-9-6-3/h11-13,21H,4-10,14H2,1-3H3,(H,22,25)(H,23,26). The molecule has 26 heavy (non-hydrogen) atoms. The van der Waals surface area contributed by atoms with Gasteiger partial charge in [0.2, 0.25) is 0 Å². The van der Waals surface area contributed by atoms with Crippen LogP contribution in [0.3, 0.4) is 0 Å². The quantitative estimate of drug-likeness (QED) is 0.394. The molecule has 6 nitrogen and oxygen atoms in total. The normalized spacial score (nSPS) is 10.4. The third kappa shape index (κ3) is 7.35. The van der Waals surface area contributed by atoms with Crippen LogP contribution in [0.5, 0.6) is 0 Å². The molecule has 0 aliphatic rings. The summed E-state index contributed by atoms with van der Waals surface area (Å²) in [5, 5.41) is 8.67. The fraction of sp³-hybridized carbons (Fsp3) is 0.550. The van der Waals surface area contributed by atoms with Crippen molar-refractivity contribution in [3.63, 3.8) is 0 Å². The maximum absolute atomic E-state index is 12.4. The van der Waals surface area contributed by atoms with Gasteiger partial charge in [0.1, 0.15) is 0 Å². The zero-order valence-corrected chi connectivity index (χ0v) is 16.1. The molecule has 0 saturated heterocycles. The number of carbonyl (C=O) groups is 3. The van der Waals surface area contributed by atoms with Crippen molar-refractivity contribution in [2.75, 3.05) is 26.2 Å². The first kappa shape index (κ1) is 21.8. The van der Waals surface area contributed by atoms with Gasteiger partial charge in [-0.3, -0.25) is 14.4 Å². The average molecular weight is 361 g/mol. The lowest BCUT2D eigenvalue weighted by molar-refractivity contribution is 0.0952. The lowest BCUT2D eigenvalue weighted by Gasteiger charge is -2.11. The van der Waals surface area contributed by atoms with Gasteiger partial charge in [-0.1, -0.05) is 27.2 Å². The molecule has 0 atom stereocenters. The van der Waals surface area contributed by atoms with E-state index in [2.05, 4.69) is 16.0 Å². The largest absolute Gasteiger partial charge is 0.352 e. The van der Waals surface area contributed by atoms with Crippen molar-refractivity contribution < 1.29 is 14.4 Å². The first-order valence-corrected chi connectivity index (χ1v) is 9.48. The zero-order valence-electron chi connectivity index (χ0n) is 16.1. The Hall–Kier alpha value is -2.21. The highest BCUT2D eigenvalue weighted by Crippen LogP contribution is 2.12. The molecule has 144 valence electrons. The Bertz CT molecular complexity index is 574. The molecule has 6 heteroatoms. The van der Waals surface area contributed by atoms with Crippen molar-refractivity contribution in [1.29, 1.82) is 0 Å². The van der Waals surface area contributed by atoms with Gasteiger partial charge in [-0.2, -0.15) is 0 Å². The molecule has 3 N–H and O–H groups in total. The van der Waals surface area contributed by atoms with E-state index in [9.17, 15) is 14.4 Å². The van der Waals surface area contributed by atoms with Crippen LogP contribution in [0.4, 0.5) is 0 Å². The van der Waals surface area contributed by atoms with Crippen molar-refractivity contribution >= 4 is 17.6 Å². The number of ketones is 1. The highest BCUT2D eigenvalue weighted by Gasteiger charge is 2.16. The molecule has 0 radical (unpaired) electrons. The van der Waals surface area contributed by atoms with E-state index < -0.39 is 0 Å². The summed E-state index contributed by atoms with van der Waals surface area (Å²) in [5.41, 5.74) is 1.04. The molecular formula is C20H31N3O3. The molecule has 0 aliphatic carbocycles. The van der Waals surface area contributed by atoms with Crippen LogP contribution >= 0.6 is 0 Å². The molecule has 0 spiro atoms. The molecule has 1 aromatic carbocycles. The molecule has 2 amide bonds. The zero-order chi connectivity index (χ0) is 19.4. The van der Waals surface area contributed by atoms with Gasteiger partial charge in [0.05, 0.1) is 6.54 Å². The molecular weight excluding hydrogens is 330 g/mol. The molecule has 0 unspecified atom stereocenters. The van der Waals surface area contributed by atoms with Gasteiger partial charge in [-0.25, -0.2) is 0 Å². The minimum atomic E-state index is -0.273. The van der Waals surface area contributed by atoms with Crippen molar-refractivity contribution in [3.05, 3.63) is 34.9 Å². The van der Waals surface area contributed by atoms with Crippen molar-refractivity contribution in [1.82, 2.24) is 16.0 Å². The average Bonchev–Trinajstić information content (AvgIpc) is 2.65. The van der Waals surface area contributed by atoms with Gasteiger partial charge in [-0.15, -0.1) is 0 Å². The number of hydrogen-bond acceptors (Lipinski definition) is 4. The summed E-state index contributed by atoms with van der Waals surface area (Å²) in [6.45, 7) is 8.08. The molecule has 0 heterocycles. The Balaban J connectivity index is 3.03. The third-order valence-corrected chi connectivity index (χ3v) is 3.84. The molecule has 0 aromatic heterocycles. The minimum absolute atomic E-state index is 0.133. The van der Waals surface area contributed by atoms with E-state index in [0.717, 1.165) is 32.2 Å². The Morgan fingerprint density at radius 2 is 1.27 bits per heavy atom. The van der Waals surface area contributed by atoms with E-state index in [1.165, 1.54) is 0 Å². The van der Waals surface area contributed by atoms with Crippen LogP contribution in [0.15, 0.2) is 18.2 Å². The van der Waals surface area contributed by atoms with Crippen LogP contribution in [0.2, 0.25) is 0 Å². The molecule has 0 fully saturated rings. The van der Waals surface area contributed by atoms with E-state index in [1.54, 1.807) is 18.2 Å². The monoisotopic (exact) mass is 361 g/mol. The molecule has 0 saturated carbocycles. The second-order valence-electron chi connectivity index (χ2n) is 6.26. The predicted octanol–water partition coefficient (Wildman–Crippen LogP) is 2.54. The Kier molecular flexibility index (Phi) is 10.2. The van der Waals surface area contributed by atoms with Gasteiger partial charge in [0.25, 0.3) is 11.8 Å². The first-order valence-electron chi connectivity index (χ1n) is 9.48. The number of hydrogen-bond donors (Lipinski definition) is 3. The summed E-state index contributed by atoms with van der Waals surface area (Å²) in [5.74, 6) is -0.670. The van der Waals surface area contributed by atoms with Gasteiger partial charge < -0.3 is 16.0 Å². The summed E-state index contributed by atoms with van der Waals surface area (Å²) >= 11 is 0. The van der Waals surface area contributed by atoms with Crippen LogP contribution in [0, 0.1) is 0 Å². The van der Waals surface area contributed by atoms with Gasteiger partial charge >= 0.3 is 0 Å². The van der Waals surface area contributed by atoms with Crippen LogP contribution < -0.4 is 16.0 Å². The number of carbonyl (C=O) groups excluding carboxylic acids is 3. The van der Waals surface area contributed by atoms with Crippen molar-refractivity contribution in [3.8, 4) is 0 Å². The predicted molar refractivity (Wildman–Crippen MR) is 104 cm³/mol. The summed E-state index contributed by atoms with van der Waals surface area (Å²) in [6.07, 6.45) is 3.61. The van der Waals surface area contributed by atoms with Gasteiger partial charge in [0.15, 0.2) is 5.78 Å². The fourth-order valence-electron chi connectivity index (χ4n) is 2.35. The minimum Gasteiger partial charge on any atom is -0.352 e.